The van der Waals surface area contributed by atoms with Crippen LogP contribution >= 0.6 is 27.3 Å². The molecule has 0 saturated heterocycles. The highest BCUT2D eigenvalue weighted by Crippen LogP contribution is 2.37. The number of aromatic carboxylic acids is 1. The number of carboxylic acid groups (broad SMARTS) is 1. The van der Waals surface area contributed by atoms with Crippen LogP contribution in [0.2, 0.25) is 0 Å². The molecule has 0 amide bonds. The Morgan fingerprint density at radius 2 is 2.24 bits per heavy atom. The maximum atomic E-state index is 14.3. The van der Waals surface area contributed by atoms with Gasteiger partial charge in [0.2, 0.25) is 0 Å². The second-order valence-electron chi connectivity index (χ2n) is 4.98. The fourth-order valence-electron chi connectivity index (χ4n) is 2.65. The van der Waals surface area contributed by atoms with E-state index in [9.17, 15) is 9.18 Å². The lowest BCUT2D eigenvalue weighted by Crippen LogP contribution is -2.16. The molecule has 0 aliphatic heterocycles. The lowest BCUT2D eigenvalue weighted by atomic mass is 9.94. The molecule has 1 heterocycles. The van der Waals surface area contributed by atoms with Crippen molar-refractivity contribution in [2.75, 3.05) is 5.32 Å². The first kappa shape index (κ1) is 14.5. The molecule has 0 saturated carbocycles. The average molecular weight is 370 g/mol. The van der Waals surface area contributed by atoms with E-state index in [1.807, 2.05) is 0 Å². The number of rotatable bonds is 3. The summed E-state index contributed by atoms with van der Waals surface area (Å²) in [6.07, 6.45) is 3.10. The van der Waals surface area contributed by atoms with Crippen molar-refractivity contribution in [3.05, 3.63) is 49.9 Å². The summed E-state index contributed by atoms with van der Waals surface area (Å²) in [5, 5.41) is 14.3. The van der Waals surface area contributed by atoms with Crippen LogP contribution in [-0.4, -0.2) is 11.1 Å². The molecular weight excluding hydrogens is 357 g/mol. The van der Waals surface area contributed by atoms with Crippen LogP contribution < -0.4 is 5.32 Å². The Bertz CT molecular complexity index is 701. The minimum atomic E-state index is -1.15. The maximum absolute atomic E-state index is 14.3. The SMILES string of the molecule is O=C(O)c1ccc(NC2CCCc3sccc32)c(F)c1Br. The molecule has 110 valence electrons. The number of halogens is 2. The normalized spacial score (nSPS) is 17.3. The molecule has 6 heteroatoms. The Labute approximate surface area is 133 Å². The third-order valence-corrected chi connectivity index (χ3v) is 5.47. The Balaban J connectivity index is 1.90. The molecule has 0 bridgehead atoms. The summed E-state index contributed by atoms with van der Waals surface area (Å²) >= 11 is 4.76. The molecule has 1 aliphatic rings. The topological polar surface area (TPSA) is 49.3 Å². The van der Waals surface area contributed by atoms with Crippen LogP contribution in [-0.2, 0) is 6.42 Å². The number of nitrogens with one attached hydrogen (secondary N) is 1. The van der Waals surface area contributed by atoms with Crippen LogP contribution in [0.4, 0.5) is 10.1 Å². The van der Waals surface area contributed by atoms with Crippen LogP contribution in [0.5, 0.6) is 0 Å². The summed E-state index contributed by atoms with van der Waals surface area (Å²) in [4.78, 5) is 12.3. The second kappa shape index (κ2) is 5.77. The van der Waals surface area contributed by atoms with Crippen molar-refractivity contribution in [2.45, 2.75) is 25.3 Å². The van der Waals surface area contributed by atoms with Gasteiger partial charge in [-0.1, -0.05) is 0 Å². The number of hydrogen-bond donors (Lipinski definition) is 2. The maximum Gasteiger partial charge on any atom is 0.336 e. The van der Waals surface area contributed by atoms with E-state index in [4.69, 9.17) is 5.11 Å². The van der Waals surface area contributed by atoms with Crippen LogP contribution in [0.1, 0.15) is 39.7 Å². The summed E-state index contributed by atoms with van der Waals surface area (Å²) in [6, 6.07) is 5.06. The van der Waals surface area contributed by atoms with Crippen molar-refractivity contribution >= 4 is 38.9 Å². The number of benzene rings is 1. The smallest absolute Gasteiger partial charge is 0.336 e. The molecule has 0 spiro atoms. The Hall–Kier alpha value is -1.40. The molecule has 1 aliphatic carbocycles. The van der Waals surface area contributed by atoms with E-state index in [0.717, 1.165) is 19.3 Å². The highest BCUT2D eigenvalue weighted by atomic mass is 79.9. The third kappa shape index (κ3) is 2.70. The predicted molar refractivity (Wildman–Crippen MR) is 84.7 cm³/mol. The molecule has 3 nitrogen and oxygen atoms in total. The molecule has 2 aromatic rings. The first-order valence-electron chi connectivity index (χ1n) is 6.62. The molecular formula is C15H13BrFNO2S. The Kier molecular flexibility index (Phi) is 3.99. The predicted octanol–water partition coefficient (Wildman–Crippen LogP) is 4.84. The van der Waals surface area contributed by atoms with Crippen LogP contribution in [0.3, 0.4) is 0 Å². The van der Waals surface area contributed by atoms with Crippen LogP contribution in [0.15, 0.2) is 28.1 Å². The highest BCUT2D eigenvalue weighted by Gasteiger charge is 2.23. The van der Waals surface area contributed by atoms with Gasteiger partial charge < -0.3 is 10.4 Å². The van der Waals surface area contributed by atoms with Gasteiger partial charge in [0.1, 0.15) is 0 Å². The van der Waals surface area contributed by atoms with Crippen molar-refractivity contribution in [2.24, 2.45) is 0 Å². The number of aryl methyl sites for hydroxylation is 1. The van der Waals surface area contributed by atoms with Gasteiger partial charge in [0.05, 0.1) is 21.8 Å². The van der Waals surface area contributed by atoms with Crippen molar-refractivity contribution in [1.82, 2.24) is 0 Å². The van der Waals surface area contributed by atoms with Gasteiger partial charge in [0.15, 0.2) is 5.82 Å². The summed E-state index contributed by atoms with van der Waals surface area (Å²) in [6.45, 7) is 0. The number of hydrogen-bond acceptors (Lipinski definition) is 3. The van der Waals surface area contributed by atoms with Gasteiger partial charge in [-0.15, -0.1) is 11.3 Å². The quantitative estimate of drug-likeness (QED) is 0.813. The van der Waals surface area contributed by atoms with Crippen molar-refractivity contribution in [1.29, 1.82) is 0 Å². The monoisotopic (exact) mass is 369 g/mol. The Morgan fingerprint density at radius 3 is 3.00 bits per heavy atom. The molecule has 1 aromatic carbocycles. The molecule has 21 heavy (non-hydrogen) atoms. The van der Waals surface area contributed by atoms with Crippen LogP contribution in [0, 0.1) is 5.82 Å². The number of carbonyl (C=O) groups is 1. The average Bonchev–Trinajstić information content (AvgIpc) is 2.93. The molecule has 1 aromatic heterocycles. The zero-order valence-corrected chi connectivity index (χ0v) is 13.4. The standard InChI is InChI=1S/C15H13BrFNO2S/c16-13-9(15(19)20)4-5-11(14(13)17)18-10-2-1-3-12-8(10)6-7-21-12/h4-7,10,18H,1-3H2,(H,19,20). The number of carboxylic acids is 1. The number of thiophene rings is 1. The fraction of sp³-hybridized carbons (Fsp3) is 0.267. The first-order valence-corrected chi connectivity index (χ1v) is 8.29. The molecule has 1 atom stereocenters. The van der Waals surface area contributed by atoms with Gasteiger partial charge >= 0.3 is 5.97 Å². The third-order valence-electron chi connectivity index (χ3n) is 3.69. The summed E-state index contributed by atoms with van der Waals surface area (Å²) < 4.78 is 14.3. The minimum Gasteiger partial charge on any atom is -0.478 e. The zero-order chi connectivity index (χ0) is 15.0. The first-order chi connectivity index (χ1) is 10.1. The van der Waals surface area contributed by atoms with Gasteiger partial charge in [0.25, 0.3) is 0 Å². The molecule has 0 fully saturated rings. The molecule has 1 unspecified atom stereocenters. The lowest BCUT2D eigenvalue weighted by Gasteiger charge is -2.25. The number of anilines is 1. The van der Waals surface area contributed by atoms with Gasteiger partial charge in [-0.2, -0.15) is 0 Å². The van der Waals surface area contributed by atoms with E-state index < -0.39 is 11.8 Å². The molecule has 3 rings (SSSR count). The largest absolute Gasteiger partial charge is 0.478 e. The minimum absolute atomic E-state index is 0.0126. The van der Waals surface area contributed by atoms with Crippen LogP contribution in [0.25, 0.3) is 0 Å². The van der Waals surface area contributed by atoms with E-state index >= 15 is 0 Å². The van der Waals surface area contributed by atoms with Gasteiger partial charge in [0, 0.05) is 4.88 Å². The summed E-state index contributed by atoms with van der Waals surface area (Å²) in [5.41, 5.74) is 1.48. The Morgan fingerprint density at radius 1 is 1.43 bits per heavy atom. The summed E-state index contributed by atoms with van der Waals surface area (Å²) in [7, 11) is 0. The molecule has 2 N–H and O–H groups in total. The lowest BCUT2D eigenvalue weighted by molar-refractivity contribution is 0.0695. The van der Waals surface area contributed by atoms with Crippen molar-refractivity contribution in [3.63, 3.8) is 0 Å². The van der Waals surface area contributed by atoms with Gasteiger partial charge in [-0.25, -0.2) is 9.18 Å². The van der Waals surface area contributed by atoms with E-state index in [1.165, 1.54) is 22.6 Å². The van der Waals surface area contributed by atoms with E-state index in [1.54, 1.807) is 11.3 Å². The second-order valence-corrected chi connectivity index (χ2v) is 6.78. The molecule has 0 radical (unpaired) electrons. The zero-order valence-electron chi connectivity index (χ0n) is 11.0. The fourth-order valence-corrected chi connectivity index (χ4v) is 4.15. The van der Waals surface area contributed by atoms with Crippen molar-refractivity contribution in [3.8, 4) is 0 Å². The van der Waals surface area contributed by atoms with Gasteiger partial charge in [-0.3, -0.25) is 0 Å². The highest BCUT2D eigenvalue weighted by molar-refractivity contribution is 9.10. The van der Waals surface area contributed by atoms with E-state index in [2.05, 4.69) is 32.7 Å². The van der Waals surface area contributed by atoms with Crippen molar-refractivity contribution < 1.29 is 14.3 Å². The number of fused-ring (bicyclic) bond motifs is 1. The van der Waals surface area contributed by atoms with E-state index in [0.29, 0.717) is 5.69 Å². The van der Waals surface area contributed by atoms with E-state index in [-0.39, 0.29) is 16.1 Å². The van der Waals surface area contributed by atoms with Gasteiger partial charge in [-0.05, 0) is 64.3 Å². The summed E-state index contributed by atoms with van der Waals surface area (Å²) in [5.74, 6) is -1.71.